The normalized spacial score (nSPS) is 18.6. The standard InChI is InChI=1S/C17H20N4O2.2ClH/c22-16-11-19-10-15(16)21-17(23)13-1-3-14(4-2-13)20-9-12-5-7-18-8-6-12;;/h1-8,15-16,19-20,22H,9-11H2,(H,21,23);2*1H/t15-,16-;;/m1../s1. The summed E-state index contributed by atoms with van der Waals surface area (Å²) in [6, 6.07) is 11.0. The summed E-state index contributed by atoms with van der Waals surface area (Å²) < 4.78 is 0. The van der Waals surface area contributed by atoms with Gasteiger partial charge >= 0.3 is 0 Å². The third-order valence-corrected chi connectivity index (χ3v) is 3.89. The van der Waals surface area contributed by atoms with Gasteiger partial charge in [-0.1, -0.05) is 0 Å². The lowest BCUT2D eigenvalue weighted by atomic mass is 10.1. The van der Waals surface area contributed by atoms with E-state index in [2.05, 4.69) is 20.9 Å². The Morgan fingerprint density at radius 3 is 2.40 bits per heavy atom. The first kappa shape index (κ1) is 21.2. The summed E-state index contributed by atoms with van der Waals surface area (Å²) in [5.74, 6) is -0.168. The van der Waals surface area contributed by atoms with E-state index < -0.39 is 6.10 Å². The Morgan fingerprint density at radius 2 is 1.80 bits per heavy atom. The van der Waals surface area contributed by atoms with Crippen LogP contribution in [0.4, 0.5) is 5.69 Å². The summed E-state index contributed by atoms with van der Waals surface area (Å²) in [6.45, 7) is 1.81. The second kappa shape index (κ2) is 10.2. The highest BCUT2D eigenvalue weighted by Crippen LogP contribution is 2.12. The van der Waals surface area contributed by atoms with Crippen LogP contribution in [0, 0.1) is 0 Å². The summed E-state index contributed by atoms with van der Waals surface area (Å²) in [6.07, 6.45) is 2.99. The minimum Gasteiger partial charge on any atom is -0.390 e. The van der Waals surface area contributed by atoms with Crippen LogP contribution >= 0.6 is 24.8 Å². The molecule has 2 heterocycles. The van der Waals surface area contributed by atoms with Crippen molar-refractivity contribution in [2.24, 2.45) is 0 Å². The Morgan fingerprint density at radius 1 is 1.12 bits per heavy atom. The van der Waals surface area contributed by atoms with Gasteiger partial charge in [-0.05, 0) is 42.0 Å². The van der Waals surface area contributed by atoms with Crippen molar-refractivity contribution in [2.75, 3.05) is 18.4 Å². The maximum Gasteiger partial charge on any atom is 0.251 e. The predicted molar refractivity (Wildman–Crippen MR) is 103 cm³/mol. The molecule has 0 radical (unpaired) electrons. The second-order valence-electron chi connectivity index (χ2n) is 5.59. The molecule has 1 aliphatic rings. The first-order valence-electron chi connectivity index (χ1n) is 7.65. The molecule has 2 atom stereocenters. The summed E-state index contributed by atoms with van der Waals surface area (Å²) in [7, 11) is 0. The van der Waals surface area contributed by atoms with Gasteiger partial charge in [-0.25, -0.2) is 0 Å². The van der Waals surface area contributed by atoms with Crippen LogP contribution in [0.1, 0.15) is 15.9 Å². The Kier molecular flexibility index (Phi) is 8.65. The molecule has 0 saturated carbocycles. The van der Waals surface area contributed by atoms with Gasteiger partial charge in [0, 0.05) is 43.3 Å². The molecule has 0 unspecified atom stereocenters. The zero-order valence-electron chi connectivity index (χ0n) is 13.5. The molecule has 136 valence electrons. The summed E-state index contributed by atoms with van der Waals surface area (Å²) in [5.41, 5.74) is 2.67. The quantitative estimate of drug-likeness (QED) is 0.628. The number of aliphatic hydroxyl groups is 1. The fraction of sp³-hybridized carbons (Fsp3) is 0.294. The van der Waals surface area contributed by atoms with Crippen molar-refractivity contribution < 1.29 is 9.90 Å². The van der Waals surface area contributed by atoms with Crippen LogP contribution in [0.3, 0.4) is 0 Å². The Hall–Kier alpha value is -1.86. The van der Waals surface area contributed by atoms with Gasteiger partial charge in [-0.2, -0.15) is 0 Å². The number of amides is 1. The van der Waals surface area contributed by atoms with Crippen molar-refractivity contribution in [3.05, 3.63) is 59.9 Å². The van der Waals surface area contributed by atoms with Crippen LogP contribution in [-0.2, 0) is 6.54 Å². The van der Waals surface area contributed by atoms with Gasteiger partial charge in [0.05, 0.1) is 12.1 Å². The smallest absolute Gasteiger partial charge is 0.251 e. The molecule has 1 saturated heterocycles. The van der Waals surface area contributed by atoms with Crippen LogP contribution < -0.4 is 16.0 Å². The van der Waals surface area contributed by atoms with E-state index in [1.54, 1.807) is 24.5 Å². The molecule has 1 aromatic heterocycles. The summed E-state index contributed by atoms with van der Waals surface area (Å²) in [4.78, 5) is 16.1. The molecule has 8 heteroatoms. The summed E-state index contributed by atoms with van der Waals surface area (Å²) in [5, 5.41) is 18.9. The number of rotatable bonds is 5. The fourth-order valence-electron chi connectivity index (χ4n) is 2.51. The first-order valence-corrected chi connectivity index (χ1v) is 7.65. The van der Waals surface area contributed by atoms with E-state index in [1.165, 1.54) is 0 Å². The number of carbonyl (C=O) groups is 1. The van der Waals surface area contributed by atoms with E-state index in [0.717, 1.165) is 11.3 Å². The second-order valence-corrected chi connectivity index (χ2v) is 5.59. The topological polar surface area (TPSA) is 86.3 Å². The molecule has 3 rings (SSSR count). The molecule has 0 bridgehead atoms. The lowest BCUT2D eigenvalue weighted by molar-refractivity contribution is 0.0888. The number of halogens is 2. The molecule has 25 heavy (non-hydrogen) atoms. The van der Waals surface area contributed by atoms with Crippen molar-refractivity contribution in [1.29, 1.82) is 0 Å². The molecule has 1 amide bonds. The summed E-state index contributed by atoms with van der Waals surface area (Å²) >= 11 is 0. The van der Waals surface area contributed by atoms with Crippen LogP contribution in [0.2, 0.25) is 0 Å². The number of nitrogens with one attached hydrogen (secondary N) is 3. The molecule has 2 aromatic rings. The lowest BCUT2D eigenvalue weighted by Crippen LogP contribution is -2.42. The van der Waals surface area contributed by atoms with E-state index in [1.807, 2.05) is 24.3 Å². The third-order valence-electron chi connectivity index (χ3n) is 3.89. The largest absolute Gasteiger partial charge is 0.390 e. The van der Waals surface area contributed by atoms with Crippen LogP contribution in [0.15, 0.2) is 48.8 Å². The van der Waals surface area contributed by atoms with Crippen LogP contribution in [0.5, 0.6) is 0 Å². The molecule has 0 aliphatic carbocycles. The minimum atomic E-state index is -0.528. The van der Waals surface area contributed by atoms with E-state index in [4.69, 9.17) is 0 Å². The van der Waals surface area contributed by atoms with E-state index in [9.17, 15) is 9.90 Å². The molecule has 0 spiro atoms. The van der Waals surface area contributed by atoms with Crippen molar-refractivity contribution in [3.63, 3.8) is 0 Å². The van der Waals surface area contributed by atoms with Gasteiger partial charge in [-0.15, -0.1) is 24.8 Å². The van der Waals surface area contributed by atoms with Gasteiger partial charge in [0.15, 0.2) is 0 Å². The zero-order valence-corrected chi connectivity index (χ0v) is 15.1. The Bertz CT molecular complexity index is 655. The number of β-amino-alcohol motifs (C(OH)–C–C–N with tert-alkyl or cyclic N) is 1. The molecular weight excluding hydrogens is 363 g/mol. The predicted octanol–water partition coefficient (Wildman–Crippen LogP) is 1.60. The van der Waals surface area contributed by atoms with Crippen LogP contribution in [0.25, 0.3) is 0 Å². The average molecular weight is 385 g/mol. The maximum absolute atomic E-state index is 12.2. The average Bonchev–Trinajstić information content (AvgIpc) is 2.99. The number of pyridine rings is 1. The number of aromatic nitrogens is 1. The lowest BCUT2D eigenvalue weighted by Gasteiger charge is -2.15. The molecule has 1 aliphatic heterocycles. The number of aliphatic hydroxyl groups excluding tert-OH is 1. The molecule has 1 aromatic carbocycles. The molecule has 6 nitrogen and oxygen atoms in total. The van der Waals surface area contributed by atoms with Gasteiger partial charge < -0.3 is 21.1 Å². The minimum absolute atomic E-state index is 0. The van der Waals surface area contributed by atoms with Crippen molar-refractivity contribution in [3.8, 4) is 0 Å². The highest BCUT2D eigenvalue weighted by atomic mass is 35.5. The number of carbonyl (C=O) groups excluding carboxylic acids is 1. The van der Waals surface area contributed by atoms with Crippen LogP contribution in [-0.4, -0.2) is 41.2 Å². The van der Waals surface area contributed by atoms with E-state index >= 15 is 0 Å². The van der Waals surface area contributed by atoms with Gasteiger partial charge in [0.25, 0.3) is 5.91 Å². The highest BCUT2D eigenvalue weighted by molar-refractivity contribution is 5.94. The number of anilines is 1. The SMILES string of the molecule is Cl.Cl.O=C(N[C@@H]1CNC[C@H]1O)c1ccc(NCc2ccncc2)cc1. The third kappa shape index (κ3) is 5.86. The van der Waals surface area contributed by atoms with Crippen molar-refractivity contribution in [2.45, 2.75) is 18.7 Å². The maximum atomic E-state index is 12.2. The van der Waals surface area contributed by atoms with Crippen molar-refractivity contribution >= 4 is 36.4 Å². The van der Waals surface area contributed by atoms with Gasteiger partial charge in [0.1, 0.15) is 0 Å². The van der Waals surface area contributed by atoms with Gasteiger partial charge in [0.2, 0.25) is 0 Å². The number of hydrogen-bond acceptors (Lipinski definition) is 5. The Balaban J connectivity index is 0.00000156. The molecular formula is C17H22Cl2N4O2. The zero-order chi connectivity index (χ0) is 16.1. The van der Waals surface area contributed by atoms with Crippen molar-refractivity contribution in [1.82, 2.24) is 15.6 Å². The monoisotopic (exact) mass is 384 g/mol. The van der Waals surface area contributed by atoms with Gasteiger partial charge in [-0.3, -0.25) is 9.78 Å². The van der Waals surface area contributed by atoms with E-state index in [0.29, 0.717) is 25.2 Å². The molecule has 4 N–H and O–H groups in total. The fourth-order valence-corrected chi connectivity index (χ4v) is 2.51. The number of nitrogens with zero attached hydrogens (tertiary/aromatic N) is 1. The number of benzene rings is 1. The highest BCUT2D eigenvalue weighted by Gasteiger charge is 2.26. The first-order chi connectivity index (χ1) is 11.2. The molecule has 1 fully saturated rings. The van der Waals surface area contributed by atoms with E-state index in [-0.39, 0.29) is 36.8 Å². The number of hydrogen-bond donors (Lipinski definition) is 4. The Labute approximate surface area is 159 Å².